The number of halogens is 1. The molecule has 2 fully saturated rings. The highest BCUT2D eigenvalue weighted by Gasteiger charge is 2.60. The normalized spacial score (nSPS) is 22.7. The maximum Gasteiger partial charge on any atom is 0.266 e. The molecule has 3 aromatic rings. The summed E-state index contributed by atoms with van der Waals surface area (Å²) in [5.74, 6) is -1.41. The quantitative estimate of drug-likeness (QED) is 0.602. The first kappa shape index (κ1) is 19.3. The van der Waals surface area contributed by atoms with Crippen LogP contribution < -0.4 is 14.7 Å². The van der Waals surface area contributed by atoms with E-state index >= 15 is 0 Å². The van der Waals surface area contributed by atoms with Gasteiger partial charge in [0.05, 0.1) is 24.5 Å². The molecule has 3 aromatic carbocycles. The first-order valence-corrected chi connectivity index (χ1v) is 9.87. The third-order valence-corrected chi connectivity index (χ3v) is 5.65. The van der Waals surface area contributed by atoms with Crippen LogP contribution in [0.3, 0.4) is 0 Å². The van der Waals surface area contributed by atoms with Gasteiger partial charge in [0.2, 0.25) is 5.91 Å². The van der Waals surface area contributed by atoms with Gasteiger partial charge in [0.15, 0.2) is 6.10 Å². The fraction of sp³-hybridized carbons (Fsp3) is 0.167. The zero-order valence-electron chi connectivity index (χ0n) is 16.6. The lowest BCUT2D eigenvalue weighted by Gasteiger charge is -2.29. The average molecular weight is 418 g/mol. The smallest absolute Gasteiger partial charge is 0.266 e. The van der Waals surface area contributed by atoms with E-state index in [1.165, 1.54) is 24.3 Å². The maximum atomic E-state index is 13.5. The van der Waals surface area contributed by atoms with Crippen molar-refractivity contribution in [2.75, 3.05) is 17.1 Å². The molecule has 156 valence electrons. The molecule has 0 radical (unpaired) electrons. The van der Waals surface area contributed by atoms with Crippen LogP contribution in [0.25, 0.3) is 0 Å². The number of rotatable bonds is 4. The molecule has 2 heterocycles. The van der Waals surface area contributed by atoms with E-state index in [-0.39, 0.29) is 5.91 Å². The van der Waals surface area contributed by atoms with Gasteiger partial charge in [0.1, 0.15) is 17.5 Å². The summed E-state index contributed by atoms with van der Waals surface area (Å²) < 4.78 is 18.7. The van der Waals surface area contributed by atoms with Crippen molar-refractivity contribution >= 4 is 23.2 Å². The summed E-state index contributed by atoms with van der Waals surface area (Å²) in [4.78, 5) is 33.8. The van der Waals surface area contributed by atoms with Gasteiger partial charge in [0.25, 0.3) is 5.91 Å². The van der Waals surface area contributed by atoms with Crippen molar-refractivity contribution < 1.29 is 23.6 Å². The van der Waals surface area contributed by atoms with Gasteiger partial charge >= 0.3 is 0 Å². The molecule has 0 aliphatic carbocycles. The SMILES string of the molecule is COc1cccc([C@@H]2[C@H]3C(=O)N(c4ccc(F)cc4)C(=O)[C@H]3ON2c2ccccc2)c1. The minimum atomic E-state index is -0.978. The summed E-state index contributed by atoms with van der Waals surface area (Å²) in [6.07, 6.45) is -0.978. The molecule has 2 aliphatic rings. The van der Waals surface area contributed by atoms with Crippen molar-refractivity contribution in [3.05, 3.63) is 90.2 Å². The molecule has 2 saturated heterocycles. The van der Waals surface area contributed by atoms with Crippen molar-refractivity contribution in [1.29, 1.82) is 0 Å². The van der Waals surface area contributed by atoms with Crippen LogP contribution in [0.15, 0.2) is 78.9 Å². The predicted molar refractivity (Wildman–Crippen MR) is 112 cm³/mol. The summed E-state index contributed by atoms with van der Waals surface area (Å²) in [5, 5.41) is 1.63. The number of imide groups is 1. The van der Waals surface area contributed by atoms with Gasteiger partial charge in [-0.25, -0.2) is 14.4 Å². The number of anilines is 2. The van der Waals surface area contributed by atoms with Crippen molar-refractivity contribution in [3.8, 4) is 5.75 Å². The minimum Gasteiger partial charge on any atom is -0.497 e. The standard InChI is InChI=1S/C24H19FN2O4/c1-30-19-9-5-6-15(14-19)21-20-22(31-27(21)18-7-3-2-4-8-18)24(29)26(23(20)28)17-12-10-16(25)11-13-17/h2-14,20-22H,1H3/t20-,21-,22+/m1/s1. The number of benzene rings is 3. The fourth-order valence-corrected chi connectivity index (χ4v) is 4.22. The molecular formula is C24H19FN2O4. The molecule has 31 heavy (non-hydrogen) atoms. The van der Waals surface area contributed by atoms with Crippen molar-refractivity contribution in [2.24, 2.45) is 5.92 Å². The highest BCUT2D eigenvalue weighted by atomic mass is 19.1. The Balaban J connectivity index is 1.59. The summed E-state index contributed by atoms with van der Waals surface area (Å²) >= 11 is 0. The highest BCUT2D eigenvalue weighted by molar-refractivity contribution is 6.23. The number of hydrogen-bond acceptors (Lipinski definition) is 5. The van der Waals surface area contributed by atoms with E-state index in [0.717, 1.165) is 16.2 Å². The Morgan fingerprint density at radius 2 is 1.61 bits per heavy atom. The zero-order valence-corrected chi connectivity index (χ0v) is 16.6. The number of para-hydroxylation sites is 1. The molecule has 0 aromatic heterocycles. The molecule has 0 N–H and O–H groups in total. The van der Waals surface area contributed by atoms with E-state index in [1.807, 2.05) is 54.6 Å². The molecule has 0 bridgehead atoms. The number of ether oxygens (including phenoxy) is 1. The molecule has 2 aliphatic heterocycles. The average Bonchev–Trinajstić information content (AvgIpc) is 3.31. The summed E-state index contributed by atoms with van der Waals surface area (Å²) in [5.41, 5.74) is 1.85. The largest absolute Gasteiger partial charge is 0.497 e. The topological polar surface area (TPSA) is 59.1 Å². The monoisotopic (exact) mass is 418 g/mol. The van der Waals surface area contributed by atoms with Crippen LogP contribution >= 0.6 is 0 Å². The lowest BCUT2D eigenvalue weighted by molar-refractivity contribution is -0.126. The first-order chi connectivity index (χ1) is 15.1. The van der Waals surface area contributed by atoms with Gasteiger partial charge in [-0.15, -0.1) is 0 Å². The Kier molecular flexibility index (Phi) is 4.67. The number of methoxy groups -OCH3 is 1. The molecule has 0 spiro atoms. The molecule has 5 rings (SSSR count). The first-order valence-electron chi connectivity index (χ1n) is 9.87. The van der Waals surface area contributed by atoms with E-state index < -0.39 is 29.8 Å². The number of hydroxylamine groups is 1. The zero-order chi connectivity index (χ0) is 21.5. The maximum absolute atomic E-state index is 13.5. The lowest BCUT2D eigenvalue weighted by Crippen LogP contribution is -2.37. The number of hydrogen-bond donors (Lipinski definition) is 0. The second kappa shape index (κ2) is 7.52. The van der Waals surface area contributed by atoms with Crippen LogP contribution in [0.4, 0.5) is 15.8 Å². The van der Waals surface area contributed by atoms with Gasteiger partial charge in [-0.2, -0.15) is 0 Å². The summed E-state index contributed by atoms with van der Waals surface area (Å²) in [6.45, 7) is 0. The molecular weight excluding hydrogens is 399 g/mol. The summed E-state index contributed by atoms with van der Waals surface area (Å²) in [6, 6.07) is 21.5. The van der Waals surface area contributed by atoms with Crippen LogP contribution in [0.5, 0.6) is 5.75 Å². The molecule has 7 heteroatoms. The summed E-state index contributed by atoms with van der Waals surface area (Å²) in [7, 11) is 1.57. The van der Waals surface area contributed by atoms with Crippen LogP contribution in [0, 0.1) is 11.7 Å². The molecule has 3 atom stereocenters. The Morgan fingerprint density at radius 3 is 2.32 bits per heavy atom. The second-order valence-electron chi connectivity index (χ2n) is 7.42. The van der Waals surface area contributed by atoms with E-state index in [2.05, 4.69) is 0 Å². The number of carbonyl (C=O) groups excluding carboxylic acids is 2. The number of amides is 2. The molecule has 2 amide bonds. The fourth-order valence-electron chi connectivity index (χ4n) is 4.22. The molecule has 0 unspecified atom stereocenters. The van der Waals surface area contributed by atoms with Crippen LogP contribution in [-0.4, -0.2) is 25.0 Å². The van der Waals surface area contributed by atoms with E-state index in [4.69, 9.17) is 9.57 Å². The van der Waals surface area contributed by atoms with Crippen LogP contribution in [-0.2, 0) is 14.4 Å². The van der Waals surface area contributed by atoms with E-state index in [1.54, 1.807) is 12.2 Å². The van der Waals surface area contributed by atoms with E-state index in [0.29, 0.717) is 11.4 Å². The Morgan fingerprint density at radius 1 is 0.871 bits per heavy atom. The van der Waals surface area contributed by atoms with Gasteiger partial charge < -0.3 is 4.74 Å². The van der Waals surface area contributed by atoms with Gasteiger partial charge in [-0.05, 0) is 54.1 Å². The third-order valence-electron chi connectivity index (χ3n) is 5.65. The lowest BCUT2D eigenvalue weighted by atomic mass is 9.90. The van der Waals surface area contributed by atoms with Crippen LogP contribution in [0.1, 0.15) is 11.6 Å². The minimum absolute atomic E-state index is 0.324. The highest BCUT2D eigenvalue weighted by Crippen LogP contribution is 2.47. The van der Waals surface area contributed by atoms with E-state index in [9.17, 15) is 14.0 Å². The number of carbonyl (C=O) groups is 2. The van der Waals surface area contributed by atoms with Crippen molar-refractivity contribution in [3.63, 3.8) is 0 Å². The predicted octanol–water partition coefficient (Wildman–Crippen LogP) is 3.89. The molecule has 0 saturated carbocycles. The number of fused-ring (bicyclic) bond motifs is 1. The Bertz CT molecular complexity index is 1140. The van der Waals surface area contributed by atoms with Crippen molar-refractivity contribution in [1.82, 2.24) is 0 Å². The number of nitrogens with zero attached hydrogens (tertiary/aromatic N) is 2. The van der Waals surface area contributed by atoms with Gasteiger partial charge in [0, 0.05) is 0 Å². The van der Waals surface area contributed by atoms with Crippen LogP contribution in [0.2, 0.25) is 0 Å². The molecule has 6 nitrogen and oxygen atoms in total. The Hall–Kier alpha value is -3.71. The second-order valence-corrected chi connectivity index (χ2v) is 7.42. The van der Waals surface area contributed by atoms with Gasteiger partial charge in [-0.1, -0.05) is 30.3 Å². The third kappa shape index (κ3) is 3.14. The Labute approximate surface area is 178 Å². The van der Waals surface area contributed by atoms with Gasteiger partial charge in [-0.3, -0.25) is 14.4 Å². The van der Waals surface area contributed by atoms with Crippen molar-refractivity contribution in [2.45, 2.75) is 12.1 Å².